The third-order valence-corrected chi connectivity index (χ3v) is 1.55. The standard InChI is InChI=1S/C11H15NO3/c1-4-6-9(3)11(14)15-8-10(13)12-7-5-2/h2,6H,4,7-8H2,1,3H3,(H,12,13)/b9-6-. The molecule has 0 bridgehead atoms. The molecule has 0 unspecified atom stereocenters. The van der Waals surface area contributed by atoms with Gasteiger partial charge in [0.15, 0.2) is 6.61 Å². The second kappa shape index (κ2) is 7.63. The van der Waals surface area contributed by atoms with Gasteiger partial charge in [-0.2, -0.15) is 0 Å². The van der Waals surface area contributed by atoms with Crippen molar-refractivity contribution in [3.05, 3.63) is 11.6 Å². The molecule has 0 aromatic rings. The maximum absolute atomic E-state index is 11.2. The quantitative estimate of drug-likeness (QED) is 0.410. The van der Waals surface area contributed by atoms with Crippen molar-refractivity contribution >= 4 is 11.9 Å². The number of carbonyl (C=O) groups excluding carboxylic acids is 2. The minimum Gasteiger partial charge on any atom is -0.452 e. The predicted molar refractivity (Wildman–Crippen MR) is 56.8 cm³/mol. The number of carbonyl (C=O) groups is 2. The van der Waals surface area contributed by atoms with E-state index in [4.69, 9.17) is 11.2 Å². The number of amides is 1. The van der Waals surface area contributed by atoms with Crippen molar-refractivity contribution in [2.45, 2.75) is 20.3 Å². The summed E-state index contributed by atoms with van der Waals surface area (Å²) >= 11 is 0. The normalized spacial score (nSPS) is 10.3. The first-order valence-corrected chi connectivity index (χ1v) is 4.65. The van der Waals surface area contributed by atoms with Gasteiger partial charge in [-0.05, 0) is 13.3 Å². The van der Waals surface area contributed by atoms with Crippen LogP contribution in [0.1, 0.15) is 20.3 Å². The van der Waals surface area contributed by atoms with Gasteiger partial charge in [-0.1, -0.05) is 18.9 Å². The van der Waals surface area contributed by atoms with E-state index < -0.39 is 11.9 Å². The summed E-state index contributed by atoms with van der Waals surface area (Å²) in [6, 6.07) is 0. The highest BCUT2D eigenvalue weighted by atomic mass is 16.5. The second-order valence-electron chi connectivity index (χ2n) is 2.85. The Bertz CT molecular complexity index is 299. The van der Waals surface area contributed by atoms with E-state index in [0.29, 0.717) is 5.57 Å². The van der Waals surface area contributed by atoms with Crippen molar-refractivity contribution in [1.82, 2.24) is 5.32 Å². The van der Waals surface area contributed by atoms with E-state index in [0.717, 1.165) is 6.42 Å². The Kier molecular flexibility index (Phi) is 6.73. The highest BCUT2D eigenvalue weighted by Crippen LogP contribution is 1.97. The van der Waals surface area contributed by atoms with Crippen molar-refractivity contribution in [2.24, 2.45) is 0 Å². The third-order valence-electron chi connectivity index (χ3n) is 1.55. The molecule has 0 aromatic carbocycles. The van der Waals surface area contributed by atoms with Crippen LogP contribution in [0.4, 0.5) is 0 Å². The molecule has 0 saturated carbocycles. The molecule has 4 nitrogen and oxygen atoms in total. The molecule has 0 aliphatic heterocycles. The van der Waals surface area contributed by atoms with E-state index in [1.807, 2.05) is 6.92 Å². The lowest BCUT2D eigenvalue weighted by molar-refractivity contribution is -0.144. The highest BCUT2D eigenvalue weighted by Gasteiger charge is 2.07. The fourth-order valence-corrected chi connectivity index (χ4v) is 0.835. The zero-order chi connectivity index (χ0) is 11.7. The van der Waals surface area contributed by atoms with Gasteiger partial charge in [0.05, 0.1) is 6.54 Å². The number of nitrogens with one attached hydrogen (secondary N) is 1. The molecule has 82 valence electrons. The first-order chi connectivity index (χ1) is 7.11. The lowest BCUT2D eigenvalue weighted by Gasteiger charge is -2.04. The maximum Gasteiger partial charge on any atom is 0.333 e. The zero-order valence-corrected chi connectivity index (χ0v) is 9.00. The maximum atomic E-state index is 11.2. The minimum absolute atomic E-state index is 0.139. The van der Waals surface area contributed by atoms with Crippen LogP contribution in [-0.2, 0) is 14.3 Å². The van der Waals surface area contributed by atoms with Crippen molar-refractivity contribution in [2.75, 3.05) is 13.2 Å². The Labute approximate surface area is 89.7 Å². The van der Waals surface area contributed by atoms with Gasteiger partial charge >= 0.3 is 5.97 Å². The average molecular weight is 209 g/mol. The summed E-state index contributed by atoms with van der Waals surface area (Å²) in [7, 11) is 0. The van der Waals surface area contributed by atoms with Gasteiger partial charge in [0.25, 0.3) is 5.91 Å². The van der Waals surface area contributed by atoms with Crippen LogP contribution in [0.15, 0.2) is 11.6 Å². The lowest BCUT2D eigenvalue weighted by Crippen LogP contribution is -2.29. The molecule has 4 heteroatoms. The van der Waals surface area contributed by atoms with E-state index in [2.05, 4.69) is 11.2 Å². The van der Waals surface area contributed by atoms with Crippen molar-refractivity contribution in [3.63, 3.8) is 0 Å². The molecular weight excluding hydrogens is 194 g/mol. The minimum atomic E-state index is -0.479. The summed E-state index contributed by atoms with van der Waals surface area (Å²) in [6.07, 6.45) is 7.43. The number of hydrogen-bond acceptors (Lipinski definition) is 3. The van der Waals surface area contributed by atoms with Crippen LogP contribution < -0.4 is 5.32 Å². The monoisotopic (exact) mass is 209 g/mol. The summed E-state index contributed by atoms with van der Waals surface area (Å²) in [6.45, 7) is 3.40. The molecule has 0 aliphatic rings. The average Bonchev–Trinajstić information content (AvgIpc) is 2.23. The van der Waals surface area contributed by atoms with E-state index in [1.165, 1.54) is 0 Å². The van der Waals surface area contributed by atoms with Crippen LogP contribution in [-0.4, -0.2) is 25.0 Å². The molecule has 0 aromatic heterocycles. The molecule has 0 saturated heterocycles. The van der Waals surface area contributed by atoms with Crippen LogP contribution >= 0.6 is 0 Å². The summed E-state index contributed by atoms with van der Waals surface area (Å²) in [5.74, 6) is 1.37. The van der Waals surface area contributed by atoms with E-state index in [9.17, 15) is 9.59 Å². The Morgan fingerprint density at radius 3 is 2.73 bits per heavy atom. The fraction of sp³-hybridized carbons (Fsp3) is 0.455. The first kappa shape index (κ1) is 13.2. The predicted octanol–water partition coefficient (Wildman–Crippen LogP) is 0.635. The van der Waals surface area contributed by atoms with Crippen LogP contribution in [0.25, 0.3) is 0 Å². The van der Waals surface area contributed by atoms with Crippen molar-refractivity contribution in [3.8, 4) is 12.3 Å². The van der Waals surface area contributed by atoms with Gasteiger partial charge in [-0.25, -0.2) is 4.79 Å². The highest BCUT2D eigenvalue weighted by molar-refractivity contribution is 5.89. The van der Waals surface area contributed by atoms with Gasteiger partial charge in [0.2, 0.25) is 0 Å². The number of hydrogen-bond donors (Lipinski definition) is 1. The van der Waals surface area contributed by atoms with Crippen LogP contribution in [0.3, 0.4) is 0 Å². The Hall–Kier alpha value is -1.76. The summed E-state index contributed by atoms with van der Waals surface area (Å²) < 4.78 is 4.73. The molecule has 0 aliphatic carbocycles. The largest absolute Gasteiger partial charge is 0.452 e. The van der Waals surface area contributed by atoms with E-state index in [-0.39, 0.29) is 13.2 Å². The van der Waals surface area contributed by atoms with Crippen LogP contribution in [0.2, 0.25) is 0 Å². The molecule has 0 radical (unpaired) electrons. The zero-order valence-electron chi connectivity index (χ0n) is 9.00. The molecule has 0 rings (SSSR count). The number of allylic oxidation sites excluding steroid dienone is 1. The number of esters is 1. The first-order valence-electron chi connectivity index (χ1n) is 4.65. The SMILES string of the molecule is C#CCNC(=O)COC(=O)/C(C)=C\CC. The number of terminal acetylenes is 1. The van der Waals surface area contributed by atoms with Crippen LogP contribution in [0.5, 0.6) is 0 Å². The fourth-order valence-electron chi connectivity index (χ4n) is 0.835. The Morgan fingerprint density at radius 2 is 2.20 bits per heavy atom. The molecule has 1 N–H and O–H groups in total. The second-order valence-corrected chi connectivity index (χ2v) is 2.85. The van der Waals surface area contributed by atoms with Crippen molar-refractivity contribution in [1.29, 1.82) is 0 Å². The molecule has 0 heterocycles. The topological polar surface area (TPSA) is 55.4 Å². The number of ether oxygens (including phenoxy) is 1. The van der Waals surface area contributed by atoms with Gasteiger partial charge in [-0.3, -0.25) is 4.79 Å². The third kappa shape index (κ3) is 6.33. The van der Waals surface area contributed by atoms with Gasteiger partial charge in [-0.15, -0.1) is 6.42 Å². The molecular formula is C11H15NO3. The summed E-state index contributed by atoms with van der Waals surface area (Å²) in [5, 5.41) is 2.39. The number of rotatable bonds is 5. The van der Waals surface area contributed by atoms with Crippen LogP contribution in [0, 0.1) is 12.3 Å². The van der Waals surface area contributed by atoms with Gasteiger partial charge < -0.3 is 10.1 Å². The summed E-state index contributed by atoms with van der Waals surface area (Å²) in [5.41, 5.74) is 0.502. The van der Waals surface area contributed by atoms with Gasteiger partial charge in [0, 0.05) is 5.57 Å². The molecule has 0 atom stereocenters. The molecule has 1 amide bonds. The van der Waals surface area contributed by atoms with E-state index in [1.54, 1.807) is 13.0 Å². The van der Waals surface area contributed by atoms with Gasteiger partial charge in [0.1, 0.15) is 0 Å². The molecule has 15 heavy (non-hydrogen) atoms. The Morgan fingerprint density at radius 1 is 1.53 bits per heavy atom. The van der Waals surface area contributed by atoms with E-state index >= 15 is 0 Å². The molecule has 0 spiro atoms. The smallest absolute Gasteiger partial charge is 0.333 e. The Balaban J connectivity index is 3.86. The molecule has 0 fully saturated rings. The van der Waals surface area contributed by atoms with Crippen molar-refractivity contribution < 1.29 is 14.3 Å². The summed E-state index contributed by atoms with van der Waals surface area (Å²) in [4.78, 5) is 22.2. The lowest BCUT2D eigenvalue weighted by atomic mass is 10.2.